The predicted octanol–water partition coefficient (Wildman–Crippen LogP) is -0.867. The highest BCUT2D eigenvalue weighted by Crippen LogP contribution is 1.85. The van der Waals surface area contributed by atoms with Crippen LogP contribution in [0.1, 0.15) is 6.42 Å². The van der Waals surface area contributed by atoms with Crippen LogP contribution >= 0.6 is 0 Å². The van der Waals surface area contributed by atoms with Gasteiger partial charge in [0, 0.05) is 7.11 Å². The predicted molar refractivity (Wildman–Crippen MR) is 44.3 cm³/mol. The molecule has 68 valence electrons. The summed E-state index contributed by atoms with van der Waals surface area (Å²) in [5.74, 6) is 1.93. The molecule has 1 atom stereocenters. The molecule has 0 spiro atoms. The molecule has 0 rings (SSSR count). The van der Waals surface area contributed by atoms with E-state index in [1.807, 2.05) is 0 Å². The standard InChI is InChI=1S/C8H13NO3/c1-3-4-8(11)9-7(5-10)6-12-2/h1,7,10H,4-6H2,2H3,(H,9,11). The maximum Gasteiger partial charge on any atom is 0.232 e. The molecule has 0 fully saturated rings. The third kappa shape index (κ3) is 4.72. The lowest BCUT2D eigenvalue weighted by atomic mass is 10.3. The molecule has 1 unspecified atom stereocenters. The molecule has 0 aromatic carbocycles. The molecule has 0 aromatic rings. The Morgan fingerprint density at radius 3 is 2.92 bits per heavy atom. The number of terminal acetylenes is 1. The number of hydrogen-bond donors (Lipinski definition) is 2. The fourth-order valence-electron chi connectivity index (χ4n) is 0.713. The van der Waals surface area contributed by atoms with E-state index in [0.717, 1.165) is 0 Å². The van der Waals surface area contributed by atoms with Crippen molar-refractivity contribution in [3.63, 3.8) is 0 Å². The van der Waals surface area contributed by atoms with Crippen LogP contribution in [0.3, 0.4) is 0 Å². The molecule has 0 bridgehead atoms. The van der Waals surface area contributed by atoms with E-state index in [1.165, 1.54) is 7.11 Å². The quantitative estimate of drug-likeness (QED) is 0.529. The zero-order chi connectivity index (χ0) is 9.40. The number of aliphatic hydroxyl groups is 1. The normalized spacial score (nSPS) is 11.8. The first-order valence-electron chi connectivity index (χ1n) is 3.57. The monoisotopic (exact) mass is 171 g/mol. The maximum atomic E-state index is 10.9. The highest BCUT2D eigenvalue weighted by atomic mass is 16.5. The topological polar surface area (TPSA) is 58.6 Å². The Balaban J connectivity index is 3.70. The van der Waals surface area contributed by atoms with Crippen LogP contribution in [0.15, 0.2) is 0 Å². The summed E-state index contributed by atoms with van der Waals surface area (Å²) in [6.07, 6.45) is 4.94. The second kappa shape index (κ2) is 6.65. The molecular weight excluding hydrogens is 158 g/mol. The molecule has 4 nitrogen and oxygen atoms in total. The van der Waals surface area contributed by atoms with E-state index in [1.54, 1.807) is 0 Å². The van der Waals surface area contributed by atoms with E-state index in [9.17, 15) is 4.79 Å². The Morgan fingerprint density at radius 2 is 2.50 bits per heavy atom. The molecule has 0 aliphatic heterocycles. The van der Waals surface area contributed by atoms with E-state index in [0.29, 0.717) is 0 Å². The van der Waals surface area contributed by atoms with Gasteiger partial charge in [-0.3, -0.25) is 4.79 Å². The van der Waals surface area contributed by atoms with Crippen LogP contribution in [0, 0.1) is 12.3 Å². The van der Waals surface area contributed by atoms with E-state index in [-0.39, 0.29) is 31.6 Å². The van der Waals surface area contributed by atoms with E-state index in [4.69, 9.17) is 16.3 Å². The minimum Gasteiger partial charge on any atom is -0.394 e. The van der Waals surface area contributed by atoms with Crippen LogP contribution in [0.4, 0.5) is 0 Å². The fraction of sp³-hybridized carbons (Fsp3) is 0.625. The van der Waals surface area contributed by atoms with Gasteiger partial charge in [-0.15, -0.1) is 6.42 Å². The summed E-state index contributed by atoms with van der Waals surface area (Å²) < 4.78 is 4.75. The molecule has 0 aliphatic carbocycles. The number of methoxy groups -OCH3 is 1. The van der Waals surface area contributed by atoms with Gasteiger partial charge in [-0.05, 0) is 0 Å². The van der Waals surface area contributed by atoms with Gasteiger partial charge in [-0.25, -0.2) is 0 Å². The summed E-state index contributed by atoms with van der Waals surface area (Å²) in [6.45, 7) is 0.136. The first-order valence-corrected chi connectivity index (χ1v) is 3.57. The van der Waals surface area contributed by atoms with Crippen molar-refractivity contribution in [3.8, 4) is 12.3 Å². The molecule has 2 N–H and O–H groups in total. The van der Waals surface area contributed by atoms with Gasteiger partial charge in [0.1, 0.15) is 0 Å². The van der Waals surface area contributed by atoms with Gasteiger partial charge in [-0.1, -0.05) is 5.92 Å². The molecule has 0 aromatic heterocycles. The molecular formula is C8H13NO3. The van der Waals surface area contributed by atoms with E-state index >= 15 is 0 Å². The summed E-state index contributed by atoms with van der Waals surface area (Å²) in [5, 5.41) is 11.2. The highest BCUT2D eigenvalue weighted by molar-refractivity contribution is 5.78. The number of hydrogen-bond acceptors (Lipinski definition) is 3. The average Bonchev–Trinajstić information content (AvgIpc) is 2.04. The smallest absolute Gasteiger partial charge is 0.232 e. The van der Waals surface area contributed by atoms with Crippen molar-refractivity contribution in [1.29, 1.82) is 0 Å². The first kappa shape index (κ1) is 11.0. The van der Waals surface area contributed by atoms with Crippen LogP contribution in [-0.4, -0.2) is 37.4 Å². The van der Waals surface area contributed by atoms with Crippen molar-refractivity contribution >= 4 is 5.91 Å². The average molecular weight is 171 g/mol. The molecule has 0 radical (unpaired) electrons. The second-order valence-corrected chi connectivity index (χ2v) is 2.28. The lowest BCUT2D eigenvalue weighted by Crippen LogP contribution is -2.40. The fourth-order valence-corrected chi connectivity index (χ4v) is 0.713. The van der Waals surface area contributed by atoms with Crippen molar-refractivity contribution in [2.24, 2.45) is 0 Å². The van der Waals surface area contributed by atoms with E-state index in [2.05, 4.69) is 11.2 Å². The number of carbonyl (C=O) groups excluding carboxylic acids is 1. The van der Waals surface area contributed by atoms with Crippen molar-refractivity contribution in [2.45, 2.75) is 12.5 Å². The summed E-state index contributed by atoms with van der Waals surface area (Å²) in [5.41, 5.74) is 0. The lowest BCUT2D eigenvalue weighted by Gasteiger charge is -2.13. The molecule has 0 aliphatic rings. The van der Waals surface area contributed by atoms with Gasteiger partial charge < -0.3 is 15.2 Å². The van der Waals surface area contributed by atoms with Gasteiger partial charge in [-0.2, -0.15) is 0 Å². The zero-order valence-corrected chi connectivity index (χ0v) is 7.04. The van der Waals surface area contributed by atoms with Crippen molar-refractivity contribution in [2.75, 3.05) is 20.3 Å². The van der Waals surface area contributed by atoms with Crippen LogP contribution in [0.2, 0.25) is 0 Å². The van der Waals surface area contributed by atoms with Gasteiger partial charge in [0.2, 0.25) is 5.91 Å². The Bertz CT molecular complexity index is 174. The summed E-state index contributed by atoms with van der Waals surface area (Å²) in [7, 11) is 1.50. The van der Waals surface area contributed by atoms with Crippen molar-refractivity contribution < 1.29 is 14.6 Å². The summed E-state index contributed by atoms with van der Waals surface area (Å²) >= 11 is 0. The van der Waals surface area contributed by atoms with Crippen LogP contribution in [0.5, 0.6) is 0 Å². The number of nitrogens with one attached hydrogen (secondary N) is 1. The summed E-state index contributed by atoms with van der Waals surface area (Å²) in [6, 6.07) is -0.365. The van der Waals surface area contributed by atoms with E-state index < -0.39 is 0 Å². The third-order valence-electron chi connectivity index (χ3n) is 1.22. The molecule has 4 heteroatoms. The molecule has 0 saturated heterocycles. The number of aliphatic hydroxyl groups excluding tert-OH is 1. The third-order valence-corrected chi connectivity index (χ3v) is 1.22. The molecule has 0 saturated carbocycles. The Kier molecular flexibility index (Phi) is 6.07. The summed E-state index contributed by atoms with van der Waals surface area (Å²) in [4.78, 5) is 10.9. The number of rotatable bonds is 5. The molecule has 12 heavy (non-hydrogen) atoms. The maximum absolute atomic E-state index is 10.9. The highest BCUT2D eigenvalue weighted by Gasteiger charge is 2.09. The van der Waals surface area contributed by atoms with Gasteiger partial charge in [0.05, 0.1) is 25.7 Å². The van der Waals surface area contributed by atoms with Crippen molar-refractivity contribution in [3.05, 3.63) is 0 Å². The lowest BCUT2D eigenvalue weighted by molar-refractivity contribution is -0.121. The first-order chi connectivity index (χ1) is 5.74. The Labute approximate surface area is 71.9 Å². The van der Waals surface area contributed by atoms with Gasteiger partial charge in [0.15, 0.2) is 0 Å². The number of amides is 1. The van der Waals surface area contributed by atoms with Crippen LogP contribution in [-0.2, 0) is 9.53 Å². The van der Waals surface area contributed by atoms with Gasteiger partial charge >= 0.3 is 0 Å². The Hall–Kier alpha value is -1.05. The molecule has 0 heterocycles. The SMILES string of the molecule is C#CCC(=O)NC(CO)COC. The zero-order valence-electron chi connectivity index (χ0n) is 7.04. The largest absolute Gasteiger partial charge is 0.394 e. The minimum absolute atomic E-state index is 0.0280. The van der Waals surface area contributed by atoms with Crippen LogP contribution < -0.4 is 5.32 Å². The molecule has 1 amide bonds. The van der Waals surface area contributed by atoms with Crippen molar-refractivity contribution in [1.82, 2.24) is 5.32 Å². The van der Waals surface area contributed by atoms with Gasteiger partial charge in [0.25, 0.3) is 0 Å². The van der Waals surface area contributed by atoms with Crippen LogP contribution in [0.25, 0.3) is 0 Å². The second-order valence-electron chi connectivity index (χ2n) is 2.28. The number of carbonyl (C=O) groups is 1. The number of ether oxygens (including phenoxy) is 1. The minimum atomic E-state index is -0.365. The Morgan fingerprint density at radius 1 is 1.83 bits per heavy atom.